The van der Waals surface area contributed by atoms with Gasteiger partial charge in [-0.15, -0.1) is 10.2 Å². The van der Waals surface area contributed by atoms with Gasteiger partial charge < -0.3 is 0 Å². The number of hydrogen-bond acceptors (Lipinski definition) is 8. The summed E-state index contributed by atoms with van der Waals surface area (Å²) in [5.41, 5.74) is 6.72. The molecule has 0 spiro atoms. The van der Waals surface area contributed by atoms with Gasteiger partial charge in [-0.3, -0.25) is 9.78 Å². The molecular formula is C19H19N5OS3. The Balaban J connectivity index is 1.43. The molecule has 0 aliphatic carbocycles. The standard InChI is InChI=1S/C19H19N5OS3/c1-13-3-5-15(6-4-13)11-26-18-23-24-19(28-18)27-12-17(25)22-21-14(2)16-7-9-20-10-8-16/h3-10H,11-12H2,1-2H3,(H,22,25)/b21-14+. The van der Waals surface area contributed by atoms with Gasteiger partial charge in [0.25, 0.3) is 5.91 Å². The molecule has 0 unspecified atom stereocenters. The van der Waals surface area contributed by atoms with Gasteiger partial charge in [0.1, 0.15) is 0 Å². The number of hydrazone groups is 1. The van der Waals surface area contributed by atoms with E-state index in [4.69, 9.17) is 0 Å². The Hall–Kier alpha value is -2.23. The first-order valence-corrected chi connectivity index (χ1v) is 11.3. The van der Waals surface area contributed by atoms with Gasteiger partial charge >= 0.3 is 0 Å². The van der Waals surface area contributed by atoms with Gasteiger partial charge in [-0.25, -0.2) is 5.43 Å². The summed E-state index contributed by atoms with van der Waals surface area (Å²) in [5.74, 6) is 0.912. The Bertz CT molecular complexity index is 942. The van der Waals surface area contributed by atoms with Crippen LogP contribution in [-0.4, -0.2) is 32.6 Å². The third-order valence-electron chi connectivity index (χ3n) is 3.64. The molecule has 0 saturated carbocycles. The predicted molar refractivity (Wildman–Crippen MR) is 116 cm³/mol. The van der Waals surface area contributed by atoms with Crippen LogP contribution in [0.5, 0.6) is 0 Å². The number of rotatable bonds is 8. The van der Waals surface area contributed by atoms with Gasteiger partial charge in [0, 0.05) is 23.7 Å². The Morgan fingerprint density at radius 2 is 1.75 bits per heavy atom. The van der Waals surface area contributed by atoms with E-state index in [0.717, 1.165) is 25.7 Å². The second kappa shape index (κ2) is 10.4. The maximum absolute atomic E-state index is 12.0. The Morgan fingerprint density at radius 1 is 1.07 bits per heavy atom. The number of nitrogens with one attached hydrogen (secondary N) is 1. The van der Waals surface area contributed by atoms with E-state index in [9.17, 15) is 4.79 Å². The van der Waals surface area contributed by atoms with Crippen molar-refractivity contribution in [2.75, 3.05) is 5.75 Å². The van der Waals surface area contributed by atoms with Gasteiger partial charge in [-0.05, 0) is 31.5 Å². The van der Waals surface area contributed by atoms with Crippen molar-refractivity contribution in [1.82, 2.24) is 20.6 Å². The van der Waals surface area contributed by atoms with Crippen LogP contribution in [0.1, 0.15) is 23.6 Å². The van der Waals surface area contributed by atoms with E-state index in [1.54, 1.807) is 24.2 Å². The van der Waals surface area contributed by atoms with Crippen LogP contribution in [0.3, 0.4) is 0 Å². The minimum Gasteiger partial charge on any atom is -0.272 e. The summed E-state index contributed by atoms with van der Waals surface area (Å²) in [6.07, 6.45) is 3.38. The highest BCUT2D eigenvalue weighted by Gasteiger charge is 2.09. The van der Waals surface area contributed by atoms with Crippen LogP contribution in [0.15, 0.2) is 62.6 Å². The molecule has 0 bridgehead atoms. The summed E-state index contributed by atoms with van der Waals surface area (Å²) >= 11 is 4.51. The summed E-state index contributed by atoms with van der Waals surface area (Å²) in [6, 6.07) is 12.1. The molecule has 0 atom stereocenters. The van der Waals surface area contributed by atoms with Crippen LogP contribution in [0.25, 0.3) is 0 Å². The number of amides is 1. The fourth-order valence-corrected chi connectivity index (χ4v) is 4.87. The van der Waals surface area contributed by atoms with Crippen molar-refractivity contribution in [3.63, 3.8) is 0 Å². The molecular weight excluding hydrogens is 410 g/mol. The second-order valence-electron chi connectivity index (χ2n) is 5.86. The number of carbonyl (C=O) groups excluding carboxylic acids is 1. The Morgan fingerprint density at radius 3 is 2.46 bits per heavy atom. The third-order valence-corrected chi connectivity index (χ3v) is 6.91. The Kier molecular flexibility index (Phi) is 7.58. The van der Waals surface area contributed by atoms with Crippen LogP contribution in [-0.2, 0) is 10.5 Å². The molecule has 9 heteroatoms. The number of carbonyl (C=O) groups is 1. The summed E-state index contributed by atoms with van der Waals surface area (Å²) in [5, 5.41) is 12.5. The maximum Gasteiger partial charge on any atom is 0.250 e. The molecule has 144 valence electrons. The number of hydrogen-bond donors (Lipinski definition) is 1. The van der Waals surface area contributed by atoms with Gasteiger partial charge in [0.15, 0.2) is 8.68 Å². The van der Waals surface area contributed by atoms with E-state index < -0.39 is 0 Å². The van der Waals surface area contributed by atoms with Crippen molar-refractivity contribution in [1.29, 1.82) is 0 Å². The highest BCUT2D eigenvalue weighted by atomic mass is 32.2. The summed E-state index contributed by atoms with van der Waals surface area (Å²) in [6.45, 7) is 3.91. The predicted octanol–water partition coefficient (Wildman–Crippen LogP) is 4.17. The Labute approximate surface area is 176 Å². The van der Waals surface area contributed by atoms with Gasteiger partial charge in [0.2, 0.25) is 0 Å². The van der Waals surface area contributed by atoms with Gasteiger partial charge in [-0.1, -0.05) is 64.7 Å². The molecule has 28 heavy (non-hydrogen) atoms. The fourth-order valence-electron chi connectivity index (χ4n) is 2.11. The molecule has 0 saturated heterocycles. The molecule has 2 heterocycles. The monoisotopic (exact) mass is 429 g/mol. The number of aryl methyl sites for hydroxylation is 1. The summed E-state index contributed by atoms with van der Waals surface area (Å²) < 4.78 is 1.67. The fraction of sp³-hybridized carbons (Fsp3) is 0.211. The van der Waals surface area contributed by atoms with E-state index in [0.29, 0.717) is 0 Å². The quantitative estimate of drug-likeness (QED) is 0.329. The van der Waals surface area contributed by atoms with Crippen molar-refractivity contribution in [3.05, 3.63) is 65.5 Å². The number of nitrogens with zero attached hydrogens (tertiary/aromatic N) is 4. The first-order valence-electron chi connectivity index (χ1n) is 8.48. The first-order chi connectivity index (χ1) is 13.6. The topological polar surface area (TPSA) is 80.1 Å². The molecule has 1 aromatic carbocycles. The largest absolute Gasteiger partial charge is 0.272 e. The van der Waals surface area contributed by atoms with Crippen LogP contribution < -0.4 is 5.43 Å². The number of thioether (sulfide) groups is 2. The molecule has 6 nitrogen and oxygen atoms in total. The van der Waals surface area contributed by atoms with Crippen LogP contribution in [0.4, 0.5) is 0 Å². The van der Waals surface area contributed by atoms with Crippen molar-refractivity contribution in [2.45, 2.75) is 28.3 Å². The van der Waals surface area contributed by atoms with Gasteiger partial charge in [-0.2, -0.15) is 5.10 Å². The minimum atomic E-state index is -0.178. The molecule has 1 N–H and O–H groups in total. The molecule has 0 fully saturated rings. The summed E-state index contributed by atoms with van der Waals surface area (Å²) in [7, 11) is 0. The number of aromatic nitrogens is 3. The molecule has 0 aliphatic rings. The molecule has 1 amide bonds. The average molecular weight is 430 g/mol. The second-order valence-corrected chi connectivity index (χ2v) is 9.29. The lowest BCUT2D eigenvalue weighted by molar-refractivity contribution is -0.118. The lowest BCUT2D eigenvalue weighted by Crippen LogP contribution is -2.21. The van der Waals surface area contributed by atoms with Gasteiger partial charge in [0.05, 0.1) is 11.5 Å². The molecule has 2 aromatic heterocycles. The van der Waals surface area contributed by atoms with Crippen molar-refractivity contribution in [3.8, 4) is 0 Å². The molecule has 0 radical (unpaired) electrons. The zero-order valence-corrected chi connectivity index (χ0v) is 17.9. The lowest BCUT2D eigenvalue weighted by Gasteiger charge is -2.01. The highest BCUT2D eigenvalue weighted by molar-refractivity contribution is 8.03. The zero-order valence-electron chi connectivity index (χ0n) is 15.5. The minimum absolute atomic E-state index is 0.178. The SMILES string of the molecule is C/C(=N\NC(=O)CSc1nnc(SCc2ccc(C)cc2)s1)c1ccncc1. The van der Waals surface area contributed by atoms with Crippen molar-refractivity contribution in [2.24, 2.45) is 5.10 Å². The van der Waals surface area contributed by atoms with E-state index in [1.807, 2.05) is 19.1 Å². The average Bonchev–Trinajstić information content (AvgIpc) is 3.18. The van der Waals surface area contributed by atoms with E-state index in [2.05, 4.69) is 56.9 Å². The number of benzene rings is 1. The summed E-state index contributed by atoms with van der Waals surface area (Å²) in [4.78, 5) is 16.0. The van der Waals surface area contributed by atoms with Crippen LogP contribution in [0.2, 0.25) is 0 Å². The smallest absolute Gasteiger partial charge is 0.250 e. The van der Waals surface area contributed by atoms with Crippen LogP contribution in [0, 0.1) is 6.92 Å². The molecule has 3 rings (SSSR count). The molecule has 3 aromatic rings. The lowest BCUT2D eigenvalue weighted by atomic mass is 10.2. The number of pyridine rings is 1. The van der Waals surface area contributed by atoms with E-state index >= 15 is 0 Å². The normalized spacial score (nSPS) is 11.4. The van der Waals surface area contributed by atoms with E-state index in [1.165, 1.54) is 34.2 Å². The van der Waals surface area contributed by atoms with Crippen LogP contribution >= 0.6 is 34.9 Å². The third kappa shape index (κ3) is 6.43. The first kappa shape index (κ1) is 20.5. The zero-order chi connectivity index (χ0) is 19.8. The van der Waals surface area contributed by atoms with Crippen molar-refractivity contribution >= 4 is 46.5 Å². The van der Waals surface area contributed by atoms with E-state index in [-0.39, 0.29) is 11.7 Å². The molecule has 0 aliphatic heterocycles. The maximum atomic E-state index is 12.0. The highest BCUT2D eigenvalue weighted by Crippen LogP contribution is 2.30. The van der Waals surface area contributed by atoms with Crippen molar-refractivity contribution < 1.29 is 4.79 Å².